The summed E-state index contributed by atoms with van der Waals surface area (Å²) in [5.41, 5.74) is 2.35. The Morgan fingerprint density at radius 2 is 1.79 bits per heavy atom. The quantitative estimate of drug-likeness (QED) is 0.792. The van der Waals surface area contributed by atoms with E-state index >= 15 is 0 Å². The van der Waals surface area contributed by atoms with E-state index in [0.29, 0.717) is 12.1 Å². The van der Waals surface area contributed by atoms with Crippen molar-refractivity contribution in [2.24, 2.45) is 7.05 Å². The van der Waals surface area contributed by atoms with Crippen LogP contribution in [0.2, 0.25) is 0 Å². The van der Waals surface area contributed by atoms with Crippen LogP contribution in [0.1, 0.15) is 15.9 Å². The summed E-state index contributed by atoms with van der Waals surface area (Å²) >= 11 is 0. The Bertz CT molecular complexity index is 1000. The van der Waals surface area contributed by atoms with E-state index in [9.17, 15) is 13.2 Å². The molecule has 6 heteroatoms. The highest BCUT2D eigenvalue weighted by Gasteiger charge is 2.12. The predicted molar refractivity (Wildman–Crippen MR) is 93.6 cm³/mol. The van der Waals surface area contributed by atoms with Crippen LogP contribution in [-0.4, -0.2) is 25.1 Å². The fourth-order valence-corrected chi connectivity index (χ4v) is 3.30. The monoisotopic (exact) mass is 342 g/mol. The van der Waals surface area contributed by atoms with E-state index in [-0.39, 0.29) is 10.8 Å². The van der Waals surface area contributed by atoms with Crippen LogP contribution in [0, 0.1) is 0 Å². The number of aromatic nitrogens is 1. The lowest BCUT2D eigenvalue weighted by Gasteiger charge is -2.08. The number of rotatable bonds is 4. The van der Waals surface area contributed by atoms with Gasteiger partial charge >= 0.3 is 0 Å². The van der Waals surface area contributed by atoms with Crippen LogP contribution in [0.15, 0.2) is 59.6 Å². The Morgan fingerprint density at radius 3 is 2.46 bits per heavy atom. The van der Waals surface area contributed by atoms with Gasteiger partial charge in [0.05, 0.1) is 16.0 Å². The van der Waals surface area contributed by atoms with Crippen molar-refractivity contribution >= 4 is 26.6 Å². The highest BCUT2D eigenvalue weighted by atomic mass is 32.2. The van der Waals surface area contributed by atoms with Crippen molar-refractivity contribution in [2.45, 2.75) is 11.4 Å². The minimum absolute atomic E-state index is 0.158. The van der Waals surface area contributed by atoms with E-state index in [2.05, 4.69) is 5.32 Å². The summed E-state index contributed by atoms with van der Waals surface area (Å²) in [6.07, 6.45) is 3.09. The van der Waals surface area contributed by atoms with Crippen LogP contribution in [0.5, 0.6) is 0 Å². The van der Waals surface area contributed by atoms with Crippen LogP contribution in [0.3, 0.4) is 0 Å². The lowest BCUT2D eigenvalue weighted by molar-refractivity contribution is 0.0952. The molecule has 0 saturated carbocycles. The van der Waals surface area contributed by atoms with Gasteiger partial charge < -0.3 is 9.88 Å². The zero-order valence-corrected chi connectivity index (χ0v) is 14.3. The fraction of sp³-hybridized carbons (Fsp3) is 0.167. The number of nitrogens with one attached hydrogen (secondary N) is 1. The van der Waals surface area contributed by atoms with Gasteiger partial charge in [0.1, 0.15) is 0 Å². The fourth-order valence-electron chi connectivity index (χ4n) is 2.67. The Labute approximate surface area is 140 Å². The third kappa shape index (κ3) is 3.19. The number of carbonyl (C=O) groups is 1. The van der Waals surface area contributed by atoms with E-state index in [1.165, 1.54) is 6.26 Å². The highest BCUT2D eigenvalue weighted by Crippen LogP contribution is 2.19. The van der Waals surface area contributed by atoms with Crippen molar-refractivity contribution in [1.29, 1.82) is 0 Å². The van der Waals surface area contributed by atoms with Gasteiger partial charge in [-0.25, -0.2) is 8.42 Å². The van der Waals surface area contributed by atoms with Crippen LogP contribution >= 0.6 is 0 Å². The van der Waals surface area contributed by atoms with Gasteiger partial charge in [0.25, 0.3) is 5.91 Å². The van der Waals surface area contributed by atoms with Gasteiger partial charge in [-0.3, -0.25) is 4.79 Å². The van der Waals surface area contributed by atoms with Gasteiger partial charge in [-0.15, -0.1) is 0 Å². The number of amides is 1. The summed E-state index contributed by atoms with van der Waals surface area (Å²) in [7, 11) is -1.30. The molecule has 0 atom stereocenters. The first-order valence-corrected chi connectivity index (χ1v) is 9.36. The number of hydrogen-bond acceptors (Lipinski definition) is 3. The molecule has 0 aliphatic carbocycles. The number of hydrogen-bond donors (Lipinski definition) is 1. The number of carbonyl (C=O) groups excluding carboxylic acids is 1. The molecule has 0 spiro atoms. The van der Waals surface area contributed by atoms with Crippen molar-refractivity contribution in [2.75, 3.05) is 6.26 Å². The van der Waals surface area contributed by atoms with Crippen molar-refractivity contribution in [3.8, 4) is 0 Å². The zero-order chi connectivity index (χ0) is 17.3. The molecule has 24 heavy (non-hydrogen) atoms. The predicted octanol–water partition coefficient (Wildman–Crippen LogP) is 2.51. The van der Waals surface area contributed by atoms with Crippen molar-refractivity contribution < 1.29 is 13.2 Å². The molecule has 0 unspecified atom stereocenters. The van der Waals surface area contributed by atoms with Crippen LogP contribution in [-0.2, 0) is 23.4 Å². The summed E-state index contributed by atoms with van der Waals surface area (Å²) < 4.78 is 24.8. The van der Waals surface area contributed by atoms with E-state index in [0.717, 1.165) is 16.5 Å². The van der Waals surface area contributed by atoms with E-state index in [1.54, 1.807) is 30.3 Å². The first-order chi connectivity index (χ1) is 11.4. The molecule has 0 radical (unpaired) electrons. The van der Waals surface area contributed by atoms with Gasteiger partial charge in [0, 0.05) is 31.4 Å². The maximum atomic E-state index is 12.5. The number of aryl methyl sites for hydroxylation is 1. The van der Waals surface area contributed by atoms with Crippen LogP contribution < -0.4 is 5.32 Å². The molecule has 1 heterocycles. The van der Waals surface area contributed by atoms with Gasteiger partial charge in [-0.2, -0.15) is 0 Å². The van der Waals surface area contributed by atoms with Crippen LogP contribution in [0.25, 0.3) is 10.9 Å². The molecule has 1 N–H and O–H groups in total. The first-order valence-electron chi connectivity index (χ1n) is 7.47. The molecule has 124 valence electrons. The smallest absolute Gasteiger partial charge is 0.253 e. The average Bonchev–Trinajstić information content (AvgIpc) is 2.94. The summed E-state index contributed by atoms with van der Waals surface area (Å²) in [5, 5.41) is 3.90. The molecule has 3 rings (SSSR count). The zero-order valence-electron chi connectivity index (χ0n) is 13.5. The molecule has 3 aromatic rings. The number of nitrogens with zero attached hydrogens (tertiary/aromatic N) is 1. The molecule has 0 saturated heterocycles. The lowest BCUT2D eigenvalue weighted by atomic mass is 10.1. The van der Waals surface area contributed by atoms with Crippen molar-refractivity contribution in [3.63, 3.8) is 0 Å². The van der Waals surface area contributed by atoms with E-state index < -0.39 is 9.84 Å². The Balaban J connectivity index is 1.77. The minimum Gasteiger partial charge on any atom is -0.350 e. The second-order valence-corrected chi connectivity index (χ2v) is 7.78. The third-order valence-corrected chi connectivity index (χ3v) is 5.08. The van der Waals surface area contributed by atoms with Gasteiger partial charge in [-0.05, 0) is 29.8 Å². The maximum absolute atomic E-state index is 12.5. The lowest BCUT2D eigenvalue weighted by Crippen LogP contribution is -2.23. The van der Waals surface area contributed by atoms with Gasteiger partial charge in [-0.1, -0.05) is 24.3 Å². The summed E-state index contributed by atoms with van der Waals surface area (Å²) in [6.45, 7) is 0.337. The molecule has 1 aromatic heterocycles. The molecule has 0 fully saturated rings. The van der Waals surface area contributed by atoms with Crippen LogP contribution in [0.4, 0.5) is 0 Å². The third-order valence-electron chi connectivity index (χ3n) is 3.95. The molecule has 0 aliphatic heterocycles. The summed E-state index contributed by atoms with van der Waals surface area (Å²) in [5.74, 6) is -0.158. The van der Waals surface area contributed by atoms with Crippen molar-refractivity contribution in [1.82, 2.24) is 9.88 Å². The Hall–Kier alpha value is -2.60. The second kappa shape index (κ2) is 6.13. The number of sulfone groups is 1. The Morgan fingerprint density at radius 1 is 1.08 bits per heavy atom. The molecule has 1 amide bonds. The summed E-state index contributed by atoms with van der Waals surface area (Å²) in [4.78, 5) is 12.8. The SMILES string of the molecule is Cn1ccc2cccc(C(=O)NCc3ccc(S(C)(=O)=O)cc3)c21. The van der Waals surface area contributed by atoms with Crippen molar-refractivity contribution in [3.05, 3.63) is 65.9 Å². The first kappa shape index (κ1) is 16.3. The van der Waals surface area contributed by atoms with Gasteiger partial charge in [0.2, 0.25) is 0 Å². The molecular weight excluding hydrogens is 324 g/mol. The highest BCUT2D eigenvalue weighted by molar-refractivity contribution is 7.90. The number of benzene rings is 2. The largest absolute Gasteiger partial charge is 0.350 e. The molecule has 0 aliphatic rings. The second-order valence-electron chi connectivity index (χ2n) is 5.77. The topological polar surface area (TPSA) is 68.2 Å². The Kier molecular flexibility index (Phi) is 4.15. The van der Waals surface area contributed by atoms with E-state index in [1.807, 2.05) is 36.0 Å². The van der Waals surface area contributed by atoms with E-state index in [4.69, 9.17) is 0 Å². The number of para-hydroxylation sites is 1. The molecule has 0 bridgehead atoms. The molecule has 5 nitrogen and oxygen atoms in total. The summed E-state index contributed by atoms with van der Waals surface area (Å²) in [6, 6.07) is 14.1. The minimum atomic E-state index is -3.21. The standard InChI is InChI=1S/C18H18N2O3S/c1-20-11-10-14-4-3-5-16(17(14)20)18(21)19-12-13-6-8-15(9-7-13)24(2,22)23/h3-11H,12H2,1-2H3,(H,19,21). The molecular formula is C18H18N2O3S. The molecule has 2 aromatic carbocycles. The number of fused-ring (bicyclic) bond motifs is 1. The average molecular weight is 342 g/mol. The maximum Gasteiger partial charge on any atom is 0.253 e. The normalized spacial score (nSPS) is 11.6. The van der Waals surface area contributed by atoms with Gasteiger partial charge in [0.15, 0.2) is 9.84 Å².